The first-order valence-corrected chi connectivity index (χ1v) is 7.72. The van der Waals surface area contributed by atoms with Crippen LogP contribution >= 0.6 is 22.9 Å². The Morgan fingerprint density at radius 3 is 2.84 bits per heavy atom. The SMILES string of the molecule is CC(O)(CNCc1ccc(Cl)s1)CN1CCOCC1. The van der Waals surface area contributed by atoms with E-state index in [9.17, 15) is 5.11 Å². The van der Waals surface area contributed by atoms with Crippen LogP contribution in [0.3, 0.4) is 0 Å². The summed E-state index contributed by atoms with van der Waals surface area (Å²) in [6.45, 7) is 7.18. The van der Waals surface area contributed by atoms with Gasteiger partial charge in [-0.2, -0.15) is 0 Å². The van der Waals surface area contributed by atoms with Gasteiger partial charge in [-0.3, -0.25) is 4.90 Å². The van der Waals surface area contributed by atoms with E-state index in [1.54, 1.807) is 11.3 Å². The fourth-order valence-electron chi connectivity index (χ4n) is 2.20. The van der Waals surface area contributed by atoms with Gasteiger partial charge in [0.25, 0.3) is 0 Å². The third kappa shape index (κ3) is 5.38. The molecular weight excluding hydrogens is 284 g/mol. The van der Waals surface area contributed by atoms with E-state index in [2.05, 4.69) is 10.2 Å². The lowest BCUT2D eigenvalue weighted by atomic mass is 10.1. The van der Waals surface area contributed by atoms with Crippen LogP contribution in [0.2, 0.25) is 4.34 Å². The van der Waals surface area contributed by atoms with Gasteiger partial charge in [0.2, 0.25) is 0 Å². The van der Waals surface area contributed by atoms with Crippen LogP contribution in [0.15, 0.2) is 12.1 Å². The van der Waals surface area contributed by atoms with Crippen LogP contribution < -0.4 is 5.32 Å². The lowest BCUT2D eigenvalue weighted by Gasteiger charge is -2.33. The van der Waals surface area contributed by atoms with Crippen LogP contribution in [0.25, 0.3) is 0 Å². The van der Waals surface area contributed by atoms with E-state index in [-0.39, 0.29) is 0 Å². The Labute approximate surface area is 123 Å². The summed E-state index contributed by atoms with van der Waals surface area (Å²) in [5.41, 5.74) is -0.724. The Balaban J connectivity index is 1.70. The topological polar surface area (TPSA) is 44.7 Å². The molecule has 0 spiro atoms. The number of hydrogen-bond donors (Lipinski definition) is 2. The second kappa shape index (κ2) is 7.02. The molecule has 1 atom stereocenters. The first-order chi connectivity index (χ1) is 9.05. The van der Waals surface area contributed by atoms with Crippen molar-refractivity contribution in [3.8, 4) is 0 Å². The maximum absolute atomic E-state index is 10.4. The molecule has 2 heterocycles. The van der Waals surface area contributed by atoms with E-state index in [1.807, 2.05) is 19.1 Å². The Morgan fingerprint density at radius 2 is 2.21 bits per heavy atom. The number of nitrogens with zero attached hydrogens (tertiary/aromatic N) is 1. The fourth-order valence-corrected chi connectivity index (χ4v) is 3.26. The van der Waals surface area contributed by atoms with Crippen LogP contribution in [0.1, 0.15) is 11.8 Å². The van der Waals surface area contributed by atoms with E-state index < -0.39 is 5.60 Å². The molecular formula is C13H21ClN2O2S. The number of halogens is 1. The predicted octanol–water partition coefficient (Wildman–Crippen LogP) is 1.57. The number of ether oxygens (including phenoxy) is 1. The minimum Gasteiger partial charge on any atom is -0.388 e. The predicted molar refractivity (Wildman–Crippen MR) is 78.9 cm³/mol. The third-order valence-corrected chi connectivity index (χ3v) is 4.33. The largest absolute Gasteiger partial charge is 0.388 e. The smallest absolute Gasteiger partial charge is 0.0931 e. The van der Waals surface area contributed by atoms with Crippen molar-refractivity contribution in [2.45, 2.75) is 19.1 Å². The van der Waals surface area contributed by atoms with Crippen molar-refractivity contribution in [2.24, 2.45) is 0 Å². The standard InChI is InChI=1S/C13H21ClN2O2S/c1-13(17,10-16-4-6-18-7-5-16)9-15-8-11-2-3-12(14)19-11/h2-3,15,17H,4-10H2,1H3. The molecule has 0 amide bonds. The van der Waals surface area contributed by atoms with Crippen molar-refractivity contribution in [2.75, 3.05) is 39.4 Å². The second-order valence-electron chi connectivity index (χ2n) is 5.19. The zero-order valence-electron chi connectivity index (χ0n) is 11.2. The van der Waals surface area contributed by atoms with Crippen molar-refractivity contribution < 1.29 is 9.84 Å². The Bertz CT molecular complexity index is 392. The van der Waals surface area contributed by atoms with E-state index >= 15 is 0 Å². The highest BCUT2D eigenvalue weighted by molar-refractivity contribution is 7.16. The normalized spacial score (nSPS) is 20.4. The van der Waals surface area contributed by atoms with Gasteiger partial charge in [0.15, 0.2) is 0 Å². The molecule has 1 aliphatic rings. The van der Waals surface area contributed by atoms with Gasteiger partial charge in [0.1, 0.15) is 0 Å². The summed E-state index contributed by atoms with van der Waals surface area (Å²) in [7, 11) is 0. The molecule has 19 heavy (non-hydrogen) atoms. The molecule has 0 aromatic carbocycles. The lowest BCUT2D eigenvalue weighted by Crippen LogP contribution is -2.50. The average molecular weight is 305 g/mol. The molecule has 2 N–H and O–H groups in total. The highest BCUT2D eigenvalue weighted by atomic mass is 35.5. The molecule has 1 fully saturated rings. The number of thiophene rings is 1. The van der Waals surface area contributed by atoms with Gasteiger partial charge >= 0.3 is 0 Å². The van der Waals surface area contributed by atoms with Gasteiger partial charge in [-0.05, 0) is 19.1 Å². The second-order valence-corrected chi connectivity index (χ2v) is 6.99. The zero-order chi connectivity index (χ0) is 13.7. The van der Waals surface area contributed by atoms with Crippen molar-refractivity contribution in [3.05, 3.63) is 21.3 Å². The van der Waals surface area contributed by atoms with E-state index in [0.717, 1.165) is 37.2 Å². The summed E-state index contributed by atoms with van der Waals surface area (Å²) in [4.78, 5) is 3.43. The number of aliphatic hydroxyl groups is 1. The van der Waals surface area contributed by atoms with Crippen LogP contribution in [-0.2, 0) is 11.3 Å². The van der Waals surface area contributed by atoms with Crippen molar-refractivity contribution in [3.63, 3.8) is 0 Å². The minimum absolute atomic E-state index is 0.569. The van der Waals surface area contributed by atoms with Gasteiger partial charge in [-0.25, -0.2) is 0 Å². The lowest BCUT2D eigenvalue weighted by molar-refractivity contribution is -0.0219. The fraction of sp³-hybridized carbons (Fsp3) is 0.692. The summed E-state index contributed by atoms with van der Waals surface area (Å²) in [5, 5.41) is 13.7. The average Bonchev–Trinajstić information content (AvgIpc) is 2.75. The highest BCUT2D eigenvalue weighted by Gasteiger charge is 2.24. The molecule has 6 heteroatoms. The number of rotatable bonds is 6. The molecule has 1 aromatic rings. The van der Waals surface area contributed by atoms with E-state index in [1.165, 1.54) is 4.88 Å². The number of morpholine rings is 1. The maximum atomic E-state index is 10.4. The highest BCUT2D eigenvalue weighted by Crippen LogP contribution is 2.21. The number of nitrogens with one attached hydrogen (secondary N) is 1. The molecule has 0 bridgehead atoms. The molecule has 0 saturated carbocycles. The van der Waals surface area contributed by atoms with Gasteiger partial charge in [-0.15, -0.1) is 11.3 Å². The molecule has 1 unspecified atom stereocenters. The summed E-state index contributed by atoms with van der Waals surface area (Å²) in [5.74, 6) is 0. The van der Waals surface area contributed by atoms with Crippen molar-refractivity contribution in [1.29, 1.82) is 0 Å². The molecule has 2 rings (SSSR count). The number of hydrogen-bond acceptors (Lipinski definition) is 5. The van der Waals surface area contributed by atoms with Crippen LogP contribution in [0.4, 0.5) is 0 Å². The van der Waals surface area contributed by atoms with Crippen LogP contribution in [0, 0.1) is 0 Å². The maximum Gasteiger partial charge on any atom is 0.0931 e. The Morgan fingerprint density at radius 1 is 1.47 bits per heavy atom. The van der Waals surface area contributed by atoms with Crippen molar-refractivity contribution >= 4 is 22.9 Å². The summed E-state index contributed by atoms with van der Waals surface area (Å²) >= 11 is 7.45. The van der Waals surface area contributed by atoms with E-state index in [0.29, 0.717) is 13.1 Å². The molecule has 0 aliphatic carbocycles. The summed E-state index contributed by atoms with van der Waals surface area (Å²) < 4.78 is 6.11. The van der Waals surface area contributed by atoms with Crippen LogP contribution in [0.5, 0.6) is 0 Å². The Kier molecular flexibility index (Phi) is 5.62. The van der Waals surface area contributed by atoms with E-state index in [4.69, 9.17) is 16.3 Å². The van der Waals surface area contributed by atoms with Gasteiger partial charge in [0, 0.05) is 37.6 Å². The van der Waals surface area contributed by atoms with Gasteiger partial charge in [-0.1, -0.05) is 11.6 Å². The quantitative estimate of drug-likeness (QED) is 0.837. The zero-order valence-corrected chi connectivity index (χ0v) is 12.8. The Hall–Kier alpha value is -0.170. The summed E-state index contributed by atoms with van der Waals surface area (Å²) in [6.07, 6.45) is 0. The van der Waals surface area contributed by atoms with Gasteiger partial charge < -0.3 is 15.2 Å². The van der Waals surface area contributed by atoms with Crippen molar-refractivity contribution in [1.82, 2.24) is 10.2 Å². The minimum atomic E-state index is -0.724. The molecule has 1 saturated heterocycles. The molecule has 1 aliphatic heterocycles. The number of β-amino-alcohol motifs (C(OH)–C–C–N with tert-alkyl or cyclic N) is 1. The summed E-state index contributed by atoms with van der Waals surface area (Å²) in [6, 6.07) is 3.91. The molecule has 108 valence electrons. The monoisotopic (exact) mass is 304 g/mol. The molecule has 1 aromatic heterocycles. The third-order valence-electron chi connectivity index (χ3n) is 3.10. The van der Waals surface area contributed by atoms with Gasteiger partial charge in [0.05, 0.1) is 23.2 Å². The first kappa shape index (κ1) is 15.2. The van der Waals surface area contributed by atoms with Crippen LogP contribution in [-0.4, -0.2) is 55.0 Å². The first-order valence-electron chi connectivity index (χ1n) is 6.53. The molecule has 4 nitrogen and oxygen atoms in total. The molecule has 0 radical (unpaired) electrons.